The SMILES string of the molecule is N=Cc1cc(N=Cc2ccc3c(c2)OCCO3)ccc1Nc1ccc(F)cc1. The highest BCUT2D eigenvalue weighted by Crippen LogP contribution is 2.30. The van der Waals surface area contributed by atoms with E-state index in [4.69, 9.17) is 14.9 Å². The van der Waals surface area contributed by atoms with E-state index in [0.29, 0.717) is 24.5 Å². The van der Waals surface area contributed by atoms with E-state index in [9.17, 15) is 4.39 Å². The summed E-state index contributed by atoms with van der Waals surface area (Å²) in [4.78, 5) is 4.49. The molecule has 28 heavy (non-hydrogen) atoms. The van der Waals surface area contributed by atoms with E-state index in [2.05, 4.69) is 10.3 Å². The molecule has 0 atom stereocenters. The van der Waals surface area contributed by atoms with Crippen molar-refractivity contribution in [2.75, 3.05) is 18.5 Å². The first-order valence-electron chi connectivity index (χ1n) is 8.82. The fourth-order valence-corrected chi connectivity index (χ4v) is 2.84. The van der Waals surface area contributed by atoms with Crippen LogP contribution in [0.4, 0.5) is 21.5 Å². The van der Waals surface area contributed by atoms with E-state index in [1.54, 1.807) is 18.3 Å². The smallest absolute Gasteiger partial charge is 0.162 e. The maximum absolute atomic E-state index is 13.0. The lowest BCUT2D eigenvalue weighted by molar-refractivity contribution is 0.171. The van der Waals surface area contributed by atoms with Crippen LogP contribution in [0.5, 0.6) is 11.5 Å². The lowest BCUT2D eigenvalue weighted by Crippen LogP contribution is -2.15. The van der Waals surface area contributed by atoms with E-state index in [0.717, 1.165) is 28.4 Å². The van der Waals surface area contributed by atoms with Crippen LogP contribution in [0.1, 0.15) is 11.1 Å². The van der Waals surface area contributed by atoms with Gasteiger partial charge >= 0.3 is 0 Å². The van der Waals surface area contributed by atoms with Gasteiger partial charge in [-0.3, -0.25) is 4.99 Å². The molecule has 0 saturated carbocycles. The van der Waals surface area contributed by atoms with Crippen molar-refractivity contribution in [3.05, 3.63) is 77.6 Å². The molecule has 2 N–H and O–H groups in total. The number of hydrogen-bond donors (Lipinski definition) is 2. The van der Waals surface area contributed by atoms with Gasteiger partial charge in [0.2, 0.25) is 0 Å². The van der Waals surface area contributed by atoms with Gasteiger partial charge in [0.25, 0.3) is 0 Å². The highest BCUT2D eigenvalue weighted by atomic mass is 19.1. The molecule has 6 heteroatoms. The topological polar surface area (TPSA) is 66.7 Å². The van der Waals surface area contributed by atoms with E-state index in [-0.39, 0.29) is 5.82 Å². The van der Waals surface area contributed by atoms with Gasteiger partial charge in [-0.05, 0) is 66.2 Å². The fourth-order valence-electron chi connectivity index (χ4n) is 2.84. The zero-order valence-electron chi connectivity index (χ0n) is 15.0. The van der Waals surface area contributed by atoms with Crippen molar-refractivity contribution in [2.24, 2.45) is 4.99 Å². The summed E-state index contributed by atoms with van der Waals surface area (Å²) in [5.74, 6) is 1.17. The molecule has 3 aromatic carbocycles. The molecular formula is C22H18FN3O2. The molecule has 140 valence electrons. The van der Waals surface area contributed by atoms with Gasteiger partial charge in [0.05, 0.1) is 5.69 Å². The first-order chi connectivity index (χ1) is 13.7. The summed E-state index contributed by atoms with van der Waals surface area (Å²) in [6, 6.07) is 17.3. The largest absolute Gasteiger partial charge is 0.486 e. The van der Waals surface area contributed by atoms with Crippen molar-refractivity contribution in [2.45, 2.75) is 0 Å². The number of rotatable bonds is 5. The molecule has 1 aliphatic rings. The Morgan fingerprint density at radius 1 is 0.929 bits per heavy atom. The van der Waals surface area contributed by atoms with Crippen LogP contribution < -0.4 is 14.8 Å². The predicted octanol–water partition coefficient (Wildman–Crippen LogP) is 5.09. The molecule has 0 aromatic heterocycles. The summed E-state index contributed by atoms with van der Waals surface area (Å²) >= 11 is 0. The lowest BCUT2D eigenvalue weighted by atomic mass is 10.1. The van der Waals surface area contributed by atoms with Crippen LogP contribution >= 0.6 is 0 Å². The summed E-state index contributed by atoms with van der Waals surface area (Å²) in [5.41, 5.74) is 3.80. The molecule has 0 saturated heterocycles. The van der Waals surface area contributed by atoms with E-state index < -0.39 is 0 Å². The van der Waals surface area contributed by atoms with Crippen LogP contribution in [-0.2, 0) is 0 Å². The number of anilines is 2. The highest BCUT2D eigenvalue weighted by Gasteiger charge is 2.11. The molecule has 1 aliphatic heterocycles. The Balaban J connectivity index is 1.53. The van der Waals surface area contributed by atoms with Crippen molar-refractivity contribution in [1.29, 1.82) is 5.41 Å². The van der Waals surface area contributed by atoms with Crippen molar-refractivity contribution < 1.29 is 13.9 Å². The molecule has 0 bridgehead atoms. The molecule has 0 aliphatic carbocycles. The number of aliphatic imine (C=N–C) groups is 1. The van der Waals surface area contributed by atoms with E-state index >= 15 is 0 Å². The van der Waals surface area contributed by atoms with Crippen molar-refractivity contribution >= 4 is 29.5 Å². The van der Waals surface area contributed by atoms with Crippen LogP contribution in [-0.4, -0.2) is 25.6 Å². The van der Waals surface area contributed by atoms with Crippen molar-refractivity contribution in [3.63, 3.8) is 0 Å². The predicted molar refractivity (Wildman–Crippen MR) is 109 cm³/mol. The minimum absolute atomic E-state index is 0.290. The number of fused-ring (bicyclic) bond motifs is 1. The Labute approximate surface area is 162 Å². The van der Waals surface area contributed by atoms with Gasteiger partial charge in [-0.25, -0.2) is 4.39 Å². The zero-order valence-corrected chi connectivity index (χ0v) is 15.0. The maximum Gasteiger partial charge on any atom is 0.162 e. The zero-order chi connectivity index (χ0) is 19.3. The van der Waals surface area contributed by atoms with Crippen LogP contribution in [0.2, 0.25) is 0 Å². The molecule has 0 amide bonds. The number of benzene rings is 3. The quantitative estimate of drug-likeness (QED) is 0.611. The average Bonchev–Trinajstić information content (AvgIpc) is 2.74. The molecule has 5 nitrogen and oxygen atoms in total. The Bertz CT molecular complexity index is 1030. The molecule has 3 aromatic rings. The Hall–Kier alpha value is -3.67. The molecule has 0 unspecified atom stereocenters. The Morgan fingerprint density at radius 2 is 1.71 bits per heavy atom. The van der Waals surface area contributed by atoms with Gasteiger partial charge in [0.15, 0.2) is 11.5 Å². The summed E-state index contributed by atoms with van der Waals surface area (Å²) in [7, 11) is 0. The molecular weight excluding hydrogens is 357 g/mol. The lowest BCUT2D eigenvalue weighted by Gasteiger charge is -2.18. The van der Waals surface area contributed by atoms with Crippen LogP contribution in [0, 0.1) is 11.2 Å². The van der Waals surface area contributed by atoms with Crippen LogP contribution in [0.3, 0.4) is 0 Å². The second-order valence-electron chi connectivity index (χ2n) is 6.21. The summed E-state index contributed by atoms with van der Waals surface area (Å²) < 4.78 is 24.1. The van der Waals surface area contributed by atoms with Gasteiger partial charge in [0, 0.05) is 29.4 Å². The third-order valence-corrected chi connectivity index (χ3v) is 4.24. The van der Waals surface area contributed by atoms with Crippen LogP contribution in [0.15, 0.2) is 65.7 Å². The first kappa shape index (κ1) is 17.7. The second kappa shape index (κ2) is 7.92. The fraction of sp³-hybridized carbons (Fsp3) is 0.0909. The number of halogens is 1. The van der Waals surface area contributed by atoms with Gasteiger partial charge < -0.3 is 20.2 Å². The Morgan fingerprint density at radius 3 is 2.50 bits per heavy atom. The van der Waals surface area contributed by atoms with Gasteiger partial charge in [-0.15, -0.1) is 0 Å². The Kier molecular flexibility index (Phi) is 5.01. The first-order valence-corrected chi connectivity index (χ1v) is 8.82. The average molecular weight is 375 g/mol. The van der Waals surface area contributed by atoms with E-state index in [1.165, 1.54) is 18.3 Å². The summed E-state index contributed by atoms with van der Waals surface area (Å²) in [5, 5.41) is 10.9. The number of hydrogen-bond acceptors (Lipinski definition) is 5. The molecule has 1 heterocycles. The number of nitrogens with zero attached hydrogens (tertiary/aromatic N) is 1. The normalized spacial score (nSPS) is 12.8. The third kappa shape index (κ3) is 4.01. The van der Waals surface area contributed by atoms with Gasteiger partial charge in [-0.2, -0.15) is 0 Å². The monoisotopic (exact) mass is 375 g/mol. The summed E-state index contributed by atoms with van der Waals surface area (Å²) in [6.45, 7) is 1.10. The van der Waals surface area contributed by atoms with Crippen LogP contribution in [0.25, 0.3) is 0 Å². The summed E-state index contributed by atoms with van der Waals surface area (Å²) in [6.07, 6.45) is 3.00. The molecule has 0 fully saturated rings. The molecule has 0 spiro atoms. The van der Waals surface area contributed by atoms with Gasteiger partial charge in [0.1, 0.15) is 19.0 Å². The van der Waals surface area contributed by atoms with Crippen molar-refractivity contribution in [3.8, 4) is 11.5 Å². The number of nitrogens with one attached hydrogen (secondary N) is 2. The van der Waals surface area contributed by atoms with Gasteiger partial charge in [-0.1, -0.05) is 0 Å². The van der Waals surface area contributed by atoms with E-state index in [1.807, 2.05) is 36.4 Å². The molecule has 0 radical (unpaired) electrons. The minimum Gasteiger partial charge on any atom is -0.486 e. The maximum atomic E-state index is 13.0. The minimum atomic E-state index is -0.290. The highest BCUT2D eigenvalue weighted by molar-refractivity contribution is 5.90. The number of ether oxygens (including phenoxy) is 2. The second-order valence-corrected chi connectivity index (χ2v) is 6.21. The third-order valence-electron chi connectivity index (χ3n) is 4.24. The molecule has 4 rings (SSSR count). The van der Waals surface area contributed by atoms with Crippen molar-refractivity contribution in [1.82, 2.24) is 0 Å². The standard InChI is InChI=1S/C22H18FN3O2/c23-17-2-4-18(5-3-17)26-20-7-6-19(12-16(20)13-24)25-14-15-1-8-21-22(11-15)28-10-9-27-21/h1-8,11-14,24,26H,9-10H2.